The van der Waals surface area contributed by atoms with Crippen LogP contribution in [0.25, 0.3) is 0 Å². The molecule has 0 amide bonds. The van der Waals surface area contributed by atoms with Gasteiger partial charge in [0.25, 0.3) is 0 Å². The molecule has 42 valence electrons. The highest BCUT2D eigenvalue weighted by Crippen LogP contribution is 2.04. The van der Waals surface area contributed by atoms with Crippen LogP contribution < -0.4 is 0 Å². The molecule has 0 atom stereocenters. The Morgan fingerprint density at radius 2 is 2.62 bits per heavy atom. The Labute approximate surface area is 61.1 Å². The van der Waals surface area contributed by atoms with Gasteiger partial charge in [-0.15, -0.1) is 0 Å². The van der Waals surface area contributed by atoms with Gasteiger partial charge >= 0.3 is 0 Å². The third-order valence-electron chi connectivity index (χ3n) is 0.715. The van der Waals surface area contributed by atoms with Crippen LogP contribution in [-0.2, 0) is 0 Å². The third kappa shape index (κ3) is 1.30. The number of hydrogen-bond donors (Lipinski definition) is 0. The van der Waals surface area contributed by atoms with Crippen molar-refractivity contribution in [1.82, 2.24) is 4.98 Å². The highest BCUT2D eigenvalue weighted by Gasteiger charge is 1.83. The maximum atomic E-state index is 7.02. The second-order valence-electron chi connectivity index (χ2n) is 1.35. The largest absolute Gasteiger partial charge is 0.246 e. The summed E-state index contributed by atoms with van der Waals surface area (Å²) in [5.41, 5.74) is 0.117. The summed E-state index contributed by atoms with van der Waals surface area (Å²) in [6, 6.07) is 4.83. The Hall–Kier alpha value is -0.370. The monoisotopic (exact) mass is 175 g/mol. The van der Waals surface area contributed by atoms with E-state index >= 15 is 0 Å². The molecule has 2 heteroatoms. The zero-order valence-electron chi connectivity index (χ0n) is 7.06. The van der Waals surface area contributed by atoms with Gasteiger partial charge in [0.05, 0.1) is 0 Å². The lowest BCUT2D eigenvalue weighted by Crippen LogP contribution is -1.77. The molecule has 1 rings (SSSR count). The number of aromatic nitrogens is 1. The van der Waals surface area contributed by atoms with Crippen LogP contribution in [-0.4, -0.2) is 4.98 Å². The van der Waals surface area contributed by atoms with E-state index in [1.165, 1.54) is 6.07 Å². The molecule has 0 fully saturated rings. The summed E-state index contributed by atoms with van der Waals surface area (Å²) in [7, 11) is 0. The van der Waals surface area contributed by atoms with E-state index in [0.29, 0.717) is 4.60 Å². The quantitative estimate of drug-likeness (QED) is 0.436. The summed E-state index contributed by atoms with van der Waals surface area (Å²) >= 11 is 3.09. The van der Waals surface area contributed by atoms with Gasteiger partial charge in [-0.25, -0.2) is 4.98 Å². The van der Waals surface area contributed by atoms with Gasteiger partial charge in [-0.2, -0.15) is 0 Å². The molecule has 0 saturated carbocycles. The van der Waals surface area contributed by atoms with Crippen LogP contribution >= 0.6 is 15.9 Å². The lowest BCUT2D eigenvalue weighted by Gasteiger charge is -1.88. The number of hydrogen-bond acceptors (Lipinski definition) is 1. The van der Waals surface area contributed by atoms with Crippen LogP contribution in [0.5, 0.6) is 0 Å². The normalized spacial score (nSPS) is 16.4. The van der Waals surface area contributed by atoms with Crippen molar-refractivity contribution in [2.45, 2.75) is 6.85 Å². The fourth-order valence-corrected chi connectivity index (χ4v) is 0.752. The van der Waals surface area contributed by atoms with Gasteiger partial charge in [0.15, 0.2) is 0 Å². The van der Waals surface area contributed by atoms with E-state index in [9.17, 15) is 0 Å². The predicted molar refractivity (Wildman–Crippen MR) is 36.7 cm³/mol. The van der Waals surface area contributed by atoms with Crippen LogP contribution in [0.15, 0.2) is 22.8 Å². The molecule has 0 aliphatic rings. The molecule has 1 aromatic rings. The van der Waals surface area contributed by atoms with Crippen molar-refractivity contribution in [2.24, 2.45) is 0 Å². The highest BCUT2D eigenvalue weighted by molar-refractivity contribution is 9.10. The molecule has 1 aromatic heterocycles. The minimum atomic E-state index is -2.11. The molecule has 0 aromatic carbocycles. The Bertz CT molecular complexity index is 258. The van der Waals surface area contributed by atoms with Crippen molar-refractivity contribution in [3.8, 4) is 0 Å². The molecular weight excluding hydrogens is 167 g/mol. The SMILES string of the molecule is [2H][13C]([2H])([2H])c1cccc(Br)n1. The Morgan fingerprint density at radius 1 is 1.75 bits per heavy atom. The standard InChI is InChI=1S/C6H6BrN/c1-5-3-2-4-6(7)8-5/h2-4H,1H3/i1+1D3. The minimum absolute atomic E-state index is 0.117. The van der Waals surface area contributed by atoms with Gasteiger partial charge in [0.2, 0.25) is 0 Å². The molecule has 1 heterocycles. The van der Waals surface area contributed by atoms with Gasteiger partial charge in [-0.1, -0.05) is 6.07 Å². The number of halogens is 1. The number of aryl methyl sites for hydroxylation is 1. The first-order valence-corrected chi connectivity index (χ1v) is 2.92. The van der Waals surface area contributed by atoms with E-state index in [0.717, 1.165) is 0 Å². The molecule has 0 bridgehead atoms. The Kier molecular flexibility index (Phi) is 0.841. The van der Waals surface area contributed by atoms with Crippen molar-refractivity contribution in [3.63, 3.8) is 0 Å². The molecule has 8 heavy (non-hydrogen) atoms. The number of pyridine rings is 1. The first-order chi connectivity index (χ1) is 5.00. The molecule has 0 aliphatic carbocycles. The fourth-order valence-electron chi connectivity index (χ4n) is 0.408. The lowest BCUT2D eigenvalue weighted by molar-refractivity contribution is 1.17. The zero-order chi connectivity index (χ0) is 8.48. The third-order valence-corrected chi connectivity index (χ3v) is 1.16. The molecule has 0 unspecified atom stereocenters. The smallest absolute Gasteiger partial charge is 0.106 e. The number of nitrogens with zero attached hydrogens (tertiary/aromatic N) is 1. The molecule has 0 N–H and O–H groups in total. The lowest BCUT2D eigenvalue weighted by atomic mass is 10.5. The molecule has 0 aliphatic heterocycles. The summed E-state index contributed by atoms with van der Waals surface area (Å²) in [4.78, 5) is 3.80. The minimum Gasteiger partial charge on any atom is -0.246 e. The Morgan fingerprint density at radius 3 is 3.12 bits per heavy atom. The van der Waals surface area contributed by atoms with Gasteiger partial charge in [-0.3, -0.25) is 0 Å². The van der Waals surface area contributed by atoms with Gasteiger partial charge < -0.3 is 0 Å². The van der Waals surface area contributed by atoms with Crippen LogP contribution in [0.3, 0.4) is 0 Å². The summed E-state index contributed by atoms with van der Waals surface area (Å²) in [5.74, 6) is 0. The molecule has 1 nitrogen and oxygen atoms in total. The second kappa shape index (κ2) is 2.27. The molecular formula is C6H6BrN. The van der Waals surface area contributed by atoms with Crippen molar-refractivity contribution in [1.29, 1.82) is 0 Å². The van der Waals surface area contributed by atoms with Crippen molar-refractivity contribution >= 4 is 15.9 Å². The first kappa shape index (κ1) is 2.97. The Balaban J connectivity index is 3.06. The molecule has 0 saturated heterocycles. The van der Waals surface area contributed by atoms with Gasteiger partial charge in [-0.05, 0) is 34.9 Å². The molecule has 0 radical (unpaired) electrons. The van der Waals surface area contributed by atoms with Crippen molar-refractivity contribution < 1.29 is 4.11 Å². The maximum Gasteiger partial charge on any atom is 0.106 e. The average molecular weight is 176 g/mol. The summed E-state index contributed by atoms with van der Waals surface area (Å²) < 4.78 is 21.6. The fraction of sp³-hybridized carbons (Fsp3) is 0.167. The summed E-state index contributed by atoms with van der Waals surface area (Å²) in [5, 5.41) is 0. The highest BCUT2D eigenvalue weighted by atomic mass is 79.9. The van der Waals surface area contributed by atoms with Crippen molar-refractivity contribution in [2.75, 3.05) is 0 Å². The van der Waals surface area contributed by atoms with Crippen LogP contribution in [0.1, 0.15) is 9.81 Å². The van der Waals surface area contributed by atoms with Gasteiger partial charge in [0, 0.05) is 9.81 Å². The zero-order valence-corrected chi connectivity index (χ0v) is 5.64. The van der Waals surface area contributed by atoms with E-state index in [2.05, 4.69) is 20.9 Å². The van der Waals surface area contributed by atoms with E-state index < -0.39 is 6.85 Å². The maximum absolute atomic E-state index is 7.02. The summed E-state index contributed by atoms with van der Waals surface area (Å²) in [6.45, 7) is -2.11. The topological polar surface area (TPSA) is 12.9 Å². The van der Waals surface area contributed by atoms with E-state index in [-0.39, 0.29) is 5.69 Å². The average Bonchev–Trinajstić information content (AvgIpc) is 1.86. The van der Waals surface area contributed by atoms with Crippen LogP contribution in [0.2, 0.25) is 0 Å². The van der Waals surface area contributed by atoms with Crippen LogP contribution in [0.4, 0.5) is 0 Å². The summed E-state index contributed by atoms with van der Waals surface area (Å²) in [6.07, 6.45) is 0. The second-order valence-corrected chi connectivity index (χ2v) is 2.16. The van der Waals surface area contributed by atoms with E-state index in [1.807, 2.05) is 0 Å². The van der Waals surface area contributed by atoms with Crippen molar-refractivity contribution in [3.05, 3.63) is 28.5 Å². The van der Waals surface area contributed by atoms with E-state index in [4.69, 9.17) is 4.11 Å². The molecule has 0 spiro atoms. The number of rotatable bonds is 0. The van der Waals surface area contributed by atoms with Crippen LogP contribution in [0, 0.1) is 6.85 Å². The van der Waals surface area contributed by atoms with Gasteiger partial charge in [0.1, 0.15) is 4.60 Å². The predicted octanol–water partition coefficient (Wildman–Crippen LogP) is 2.15. The first-order valence-electron chi connectivity index (χ1n) is 3.63. The van der Waals surface area contributed by atoms with E-state index in [1.54, 1.807) is 12.1 Å².